The normalized spacial score (nSPS) is 33.3. The second-order valence-electron chi connectivity index (χ2n) is 8.03. The zero-order chi connectivity index (χ0) is 18.3. The van der Waals surface area contributed by atoms with Crippen molar-refractivity contribution in [3.8, 4) is 0 Å². The third kappa shape index (κ3) is 5.80. The van der Waals surface area contributed by atoms with Crippen LogP contribution in [0.2, 0.25) is 0 Å². The summed E-state index contributed by atoms with van der Waals surface area (Å²) >= 11 is 0. The highest BCUT2D eigenvalue weighted by Gasteiger charge is 2.36. The molecular weight excluding hydrogens is 310 g/mol. The van der Waals surface area contributed by atoms with Gasteiger partial charge in [-0.05, 0) is 81.3 Å². The van der Waals surface area contributed by atoms with Crippen LogP contribution in [-0.2, 0) is 4.74 Å². The Kier molecular flexibility index (Phi) is 7.92. The highest BCUT2D eigenvalue weighted by Crippen LogP contribution is 2.40. The van der Waals surface area contributed by atoms with Gasteiger partial charge < -0.3 is 15.6 Å². The van der Waals surface area contributed by atoms with Crippen LogP contribution in [-0.4, -0.2) is 30.5 Å². The Bertz CT molecular complexity index is 508. The van der Waals surface area contributed by atoms with E-state index in [9.17, 15) is 5.11 Å². The smallest absolute Gasteiger partial charge is 0.0611 e. The fourth-order valence-electron chi connectivity index (χ4n) is 4.23. The maximum Gasteiger partial charge on any atom is 0.0611 e. The monoisotopic (exact) mass is 347 g/mol. The van der Waals surface area contributed by atoms with Crippen molar-refractivity contribution in [2.45, 2.75) is 70.8 Å². The molecule has 0 bridgehead atoms. The van der Waals surface area contributed by atoms with Crippen molar-refractivity contribution in [2.24, 2.45) is 17.6 Å². The zero-order valence-corrected chi connectivity index (χ0v) is 16.2. The van der Waals surface area contributed by atoms with E-state index in [1.165, 1.54) is 29.6 Å². The summed E-state index contributed by atoms with van der Waals surface area (Å²) in [5.41, 5.74) is 9.96. The second-order valence-corrected chi connectivity index (χ2v) is 8.03. The second kappa shape index (κ2) is 9.70. The molecule has 3 atom stereocenters. The maximum atomic E-state index is 9.47. The van der Waals surface area contributed by atoms with Gasteiger partial charge in [0, 0.05) is 18.8 Å². The minimum Gasteiger partial charge on any atom is -0.394 e. The molecule has 142 valence electrons. The van der Waals surface area contributed by atoms with Gasteiger partial charge >= 0.3 is 0 Å². The highest BCUT2D eigenvalue weighted by atomic mass is 16.5. The zero-order valence-electron chi connectivity index (χ0n) is 16.2. The summed E-state index contributed by atoms with van der Waals surface area (Å²) in [6, 6.07) is 0. The molecule has 3 nitrogen and oxygen atoms in total. The van der Waals surface area contributed by atoms with Gasteiger partial charge in [-0.3, -0.25) is 0 Å². The van der Waals surface area contributed by atoms with Crippen LogP contribution in [0.1, 0.15) is 65.2 Å². The minimum absolute atomic E-state index is 0.0786. The number of allylic oxidation sites excluding steroid dienone is 5. The first-order valence-corrected chi connectivity index (χ1v) is 10.0. The quantitative estimate of drug-likeness (QED) is 0.635. The standard InChI is InChI=1S/C22H37NO2/c1-4-11-25-12-9-18-6-7-20(19(5-2)14-18)13-17(3)21-8-10-22(23,15-21)16-24/h5,13,18,21,24H,3-4,6-12,14-16,23H2,1-2H3/b19-5-,20-13-/t18-,21-,22+/m0/s1. The number of hydrogen-bond donors (Lipinski definition) is 2. The van der Waals surface area contributed by atoms with E-state index in [1.807, 2.05) is 0 Å². The van der Waals surface area contributed by atoms with Crippen molar-refractivity contribution in [3.05, 3.63) is 35.5 Å². The summed E-state index contributed by atoms with van der Waals surface area (Å²) < 4.78 is 5.66. The molecule has 0 unspecified atom stereocenters. The van der Waals surface area contributed by atoms with Gasteiger partial charge in [0.1, 0.15) is 0 Å². The Labute approximate surface area is 154 Å². The molecule has 2 rings (SSSR count). The van der Waals surface area contributed by atoms with Crippen LogP contribution in [0.4, 0.5) is 0 Å². The van der Waals surface area contributed by atoms with Crippen molar-refractivity contribution in [2.75, 3.05) is 19.8 Å². The molecule has 3 N–H and O–H groups in total. The Hall–Kier alpha value is -0.900. The van der Waals surface area contributed by atoms with Crippen LogP contribution in [0, 0.1) is 11.8 Å². The van der Waals surface area contributed by atoms with Gasteiger partial charge in [-0.1, -0.05) is 31.2 Å². The molecular formula is C22H37NO2. The lowest BCUT2D eigenvalue weighted by atomic mass is 9.79. The SMILES string of the molecule is C=C(/C=C1/CC[C@@H](CCOCCC)C/C1=C/C)[C@H]1CC[C@](N)(CO)C1. The van der Waals surface area contributed by atoms with Crippen molar-refractivity contribution in [1.29, 1.82) is 0 Å². The number of hydrogen-bond acceptors (Lipinski definition) is 3. The van der Waals surface area contributed by atoms with Gasteiger partial charge in [0.05, 0.1) is 6.61 Å². The molecule has 0 spiro atoms. The Morgan fingerprint density at radius 1 is 1.36 bits per heavy atom. The van der Waals surface area contributed by atoms with Crippen LogP contribution in [0.25, 0.3) is 0 Å². The van der Waals surface area contributed by atoms with Crippen molar-refractivity contribution in [1.82, 2.24) is 0 Å². The number of ether oxygens (including phenoxy) is 1. The molecule has 2 aliphatic rings. The van der Waals surface area contributed by atoms with E-state index in [4.69, 9.17) is 10.5 Å². The lowest BCUT2D eigenvalue weighted by molar-refractivity contribution is 0.118. The summed E-state index contributed by atoms with van der Waals surface area (Å²) in [4.78, 5) is 0. The molecule has 0 aromatic carbocycles. The van der Waals surface area contributed by atoms with Crippen LogP contribution in [0.5, 0.6) is 0 Å². The molecule has 0 amide bonds. The fourth-order valence-corrected chi connectivity index (χ4v) is 4.23. The first kappa shape index (κ1) is 20.4. The van der Waals surface area contributed by atoms with E-state index in [2.05, 4.69) is 32.6 Å². The molecule has 0 aromatic rings. The van der Waals surface area contributed by atoms with Gasteiger partial charge in [0.2, 0.25) is 0 Å². The lowest BCUT2D eigenvalue weighted by Gasteiger charge is -2.27. The Morgan fingerprint density at radius 3 is 2.80 bits per heavy atom. The summed E-state index contributed by atoms with van der Waals surface area (Å²) in [6.45, 7) is 10.5. The summed E-state index contributed by atoms with van der Waals surface area (Å²) in [7, 11) is 0. The minimum atomic E-state index is -0.397. The first-order valence-electron chi connectivity index (χ1n) is 10.0. The molecule has 0 aromatic heterocycles. The highest BCUT2D eigenvalue weighted by molar-refractivity contribution is 5.39. The predicted molar refractivity (Wildman–Crippen MR) is 105 cm³/mol. The van der Waals surface area contributed by atoms with Gasteiger partial charge in [-0.2, -0.15) is 0 Å². The van der Waals surface area contributed by atoms with Crippen molar-refractivity contribution >= 4 is 0 Å². The van der Waals surface area contributed by atoms with Gasteiger partial charge in [0.25, 0.3) is 0 Å². The topological polar surface area (TPSA) is 55.5 Å². The number of aliphatic hydroxyl groups excluding tert-OH is 1. The third-order valence-corrected chi connectivity index (χ3v) is 5.95. The fraction of sp³-hybridized carbons (Fsp3) is 0.727. The molecule has 2 saturated carbocycles. The molecule has 25 heavy (non-hydrogen) atoms. The molecule has 0 saturated heterocycles. The molecule has 2 aliphatic carbocycles. The summed E-state index contributed by atoms with van der Waals surface area (Å²) in [5.74, 6) is 1.16. The first-order chi connectivity index (χ1) is 12.0. The molecule has 0 aliphatic heterocycles. The number of rotatable bonds is 8. The van der Waals surface area contributed by atoms with Crippen LogP contribution >= 0.6 is 0 Å². The average Bonchev–Trinajstić information content (AvgIpc) is 3.03. The van der Waals surface area contributed by atoms with Crippen molar-refractivity contribution in [3.63, 3.8) is 0 Å². The summed E-state index contributed by atoms with van der Waals surface area (Å²) in [5, 5.41) is 9.47. The molecule has 2 fully saturated rings. The maximum absolute atomic E-state index is 9.47. The number of nitrogens with two attached hydrogens (primary N) is 1. The third-order valence-electron chi connectivity index (χ3n) is 5.95. The van der Waals surface area contributed by atoms with E-state index in [1.54, 1.807) is 0 Å². The van der Waals surface area contributed by atoms with Gasteiger partial charge in [0.15, 0.2) is 0 Å². The lowest BCUT2D eigenvalue weighted by Crippen LogP contribution is -2.40. The largest absolute Gasteiger partial charge is 0.394 e. The number of aliphatic hydroxyl groups is 1. The van der Waals surface area contributed by atoms with Crippen LogP contribution in [0.15, 0.2) is 35.5 Å². The molecule has 0 radical (unpaired) electrons. The summed E-state index contributed by atoms with van der Waals surface area (Å²) in [6.07, 6.45) is 13.2. The Morgan fingerprint density at radius 2 is 2.16 bits per heavy atom. The van der Waals surface area contributed by atoms with Crippen molar-refractivity contribution < 1.29 is 9.84 Å². The van der Waals surface area contributed by atoms with E-state index in [0.29, 0.717) is 5.92 Å². The van der Waals surface area contributed by atoms with E-state index in [0.717, 1.165) is 57.7 Å². The van der Waals surface area contributed by atoms with E-state index < -0.39 is 5.54 Å². The van der Waals surface area contributed by atoms with Crippen LogP contribution < -0.4 is 5.73 Å². The van der Waals surface area contributed by atoms with Crippen LogP contribution in [0.3, 0.4) is 0 Å². The van der Waals surface area contributed by atoms with E-state index in [-0.39, 0.29) is 6.61 Å². The van der Waals surface area contributed by atoms with Gasteiger partial charge in [-0.15, -0.1) is 0 Å². The van der Waals surface area contributed by atoms with E-state index >= 15 is 0 Å². The Balaban J connectivity index is 1.89. The average molecular weight is 348 g/mol. The molecule has 0 heterocycles. The van der Waals surface area contributed by atoms with Gasteiger partial charge in [-0.25, -0.2) is 0 Å². The predicted octanol–water partition coefficient (Wildman–Crippen LogP) is 4.52. The molecule has 3 heteroatoms.